The number of aromatic nitrogens is 2. The minimum atomic E-state index is -2.50. The Bertz CT molecular complexity index is 368. The summed E-state index contributed by atoms with van der Waals surface area (Å²) in [5.41, 5.74) is 0.593. The summed E-state index contributed by atoms with van der Waals surface area (Å²) < 4.78 is 25.9. The Morgan fingerprint density at radius 1 is 1.12 bits per heavy atom. The van der Waals surface area contributed by atoms with E-state index < -0.39 is 11.8 Å². The van der Waals surface area contributed by atoms with E-state index in [2.05, 4.69) is 10.2 Å². The number of rotatable bonds is 2. The van der Waals surface area contributed by atoms with Gasteiger partial charge in [0.05, 0.1) is 11.4 Å². The highest BCUT2D eigenvalue weighted by molar-refractivity contribution is 5.28. The summed E-state index contributed by atoms with van der Waals surface area (Å²) in [5, 5.41) is 7.97. The molecule has 0 aliphatic rings. The molecule has 0 saturated heterocycles. The topological polar surface area (TPSA) is 25.8 Å². The zero-order valence-electron chi connectivity index (χ0n) is 10.4. The van der Waals surface area contributed by atoms with E-state index in [9.17, 15) is 8.78 Å². The fourth-order valence-corrected chi connectivity index (χ4v) is 1.45. The summed E-state index contributed by atoms with van der Waals surface area (Å²) in [6.45, 7) is 9.40. The van der Waals surface area contributed by atoms with Gasteiger partial charge in [0.1, 0.15) is 0 Å². The van der Waals surface area contributed by atoms with Crippen LogP contribution in [0.2, 0.25) is 0 Å². The first-order valence-corrected chi connectivity index (χ1v) is 5.39. The standard InChI is InChI=1S/C12H18F2N2/c1-7(2)9-6-8(11(13)14)10(16-15-9)12(3,4)5/h6-7,11H,1-5H3. The lowest BCUT2D eigenvalue weighted by Crippen LogP contribution is -2.19. The molecule has 0 fully saturated rings. The van der Waals surface area contributed by atoms with Gasteiger partial charge in [0.25, 0.3) is 6.43 Å². The molecule has 90 valence electrons. The molecule has 0 aliphatic carbocycles. The van der Waals surface area contributed by atoms with Crippen molar-refractivity contribution in [3.63, 3.8) is 0 Å². The molecule has 4 heteroatoms. The molecular formula is C12H18F2N2. The summed E-state index contributed by atoms with van der Waals surface area (Å²) in [7, 11) is 0. The second-order valence-corrected chi connectivity index (χ2v) is 5.28. The molecular weight excluding hydrogens is 210 g/mol. The van der Waals surface area contributed by atoms with Crippen molar-refractivity contribution in [2.45, 2.75) is 52.4 Å². The van der Waals surface area contributed by atoms with Gasteiger partial charge in [0, 0.05) is 11.0 Å². The number of nitrogens with zero attached hydrogens (tertiary/aromatic N) is 2. The predicted molar refractivity (Wildman–Crippen MR) is 59.8 cm³/mol. The average Bonchev–Trinajstić information content (AvgIpc) is 2.15. The van der Waals surface area contributed by atoms with Crippen LogP contribution in [-0.4, -0.2) is 10.2 Å². The van der Waals surface area contributed by atoms with Crippen molar-refractivity contribution in [2.75, 3.05) is 0 Å². The Morgan fingerprint density at radius 2 is 1.69 bits per heavy atom. The lowest BCUT2D eigenvalue weighted by molar-refractivity contribution is 0.147. The Labute approximate surface area is 95.1 Å². The van der Waals surface area contributed by atoms with Gasteiger partial charge in [-0.25, -0.2) is 8.78 Å². The van der Waals surface area contributed by atoms with Gasteiger partial charge in [0.2, 0.25) is 0 Å². The summed E-state index contributed by atoms with van der Waals surface area (Å²) in [6, 6.07) is 1.48. The van der Waals surface area contributed by atoms with Gasteiger partial charge in [-0.05, 0) is 12.0 Å². The van der Waals surface area contributed by atoms with Gasteiger partial charge in [0.15, 0.2) is 0 Å². The first kappa shape index (κ1) is 13.0. The zero-order valence-corrected chi connectivity index (χ0v) is 10.4. The van der Waals surface area contributed by atoms with Crippen LogP contribution in [0, 0.1) is 0 Å². The summed E-state index contributed by atoms with van der Waals surface area (Å²) in [5.74, 6) is 0.110. The minimum Gasteiger partial charge on any atom is -0.205 e. The van der Waals surface area contributed by atoms with E-state index >= 15 is 0 Å². The second kappa shape index (κ2) is 4.44. The first-order chi connectivity index (χ1) is 7.23. The van der Waals surface area contributed by atoms with E-state index in [1.807, 2.05) is 34.6 Å². The SMILES string of the molecule is CC(C)c1cc(C(F)F)c(C(C)(C)C)nn1. The van der Waals surface area contributed by atoms with E-state index in [1.54, 1.807) is 0 Å². The van der Waals surface area contributed by atoms with Crippen LogP contribution in [0.5, 0.6) is 0 Å². The van der Waals surface area contributed by atoms with Crippen molar-refractivity contribution in [1.82, 2.24) is 10.2 Å². The lowest BCUT2D eigenvalue weighted by atomic mass is 9.88. The zero-order chi connectivity index (χ0) is 12.5. The predicted octanol–water partition coefficient (Wildman–Crippen LogP) is 3.84. The van der Waals surface area contributed by atoms with Crippen molar-refractivity contribution < 1.29 is 8.78 Å². The normalized spacial score (nSPS) is 12.6. The lowest BCUT2D eigenvalue weighted by Gasteiger charge is -2.21. The van der Waals surface area contributed by atoms with Gasteiger partial charge in [-0.3, -0.25) is 0 Å². The van der Waals surface area contributed by atoms with Gasteiger partial charge >= 0.3 is 0 Å². The maximum Gasteiger partial charge on any atom is 0.265 e. The maximum absolute atomic E-state index is 12.9. The van der Waals surface area contributed by atoms with E-state index in [0.717, 1.165) is 0 Å². The van der Waals surface area contributed by atoms with Gasteiger partial charge in [-0.2, -0.15) is 10.2 Å². The molecule has 1 aromatic rings. The van der Waals surface area contributed by atoms with Crippen LogP contribution in [0.25, 0.3) is 0 Å². The molecule has 16 heavy (non-hydrogen) atoms. The van der Waals surface area contributed by atoms with E-state index in [-0.39, 0.29) is 11.5 Å². The molecule has 0 amide bonds. The number of hydrogen-bond acceptors (Lipinski definition) is 2. The molecule has 0 spiro atoms. The van der Waals surface area contributed by atoms with Crippen molar-refractivity contribution in [3.05, 3.63) is 23.0 Å². The van der Waals surface area contributed by atoms with Gasteiger partial charge in [-0.1, -0.05) is 34.6 Å². The molecule has 1 heterocycles. The van der Waals surface area contributed by atoms with E-state index in [4.69, 9.17) is 0 Å². The van der Waals surface area contributed by atoms with E-state index in [0.29, 0.717) is 11.4 Å². The molecule has 0 radical (unpaired) electrons. The fourth-order valence-electron chi connectivity index (χ4n) is 1.45. The Balaban J connectivity index is 3.31. The van der Waals surface area contributed by atoms with Gasteiger partial charge < -0.3 is 0 Å². The molecule has 0 N–H and O–H groups in total. The van der Waals surface area contributed by atoms with Crippen LogP contribution < -0.4 is 0 Å². The molecule has 0 aliphatic heterocycles. The molecule has 0 atom stereocenters. The van der Waals surface area contributed by atoms with Crippen LogP contribution in [0.15, 0.2) is 6.07 Å². The van der Waals surface area contributed by atoms with Crippen LogP contribution >= 0.6 is 0 Å². The summed E-state index contributed by atoms with van der Waals surface area (Å²) >= 11 is 0. The van der Waals surface area contributed by atoms with Crippen molar-refractivity contribution in [1.29, 1.82) is 0 Å². The highest BCUT2D eigenvalue weighted by atomic mass is 19.3. The number of hydrogen-bond donors (Lipinski definition) is 0. The van der Waals surface area contributed by atoms with E-state index in [1.165, 1.54) is 6.07 Å². The van der Waals surface area contributed by atoms with Crippen LogP contribution in [0.4, 0.5) is 8.78 Å². The third-order valence-electron chi connectivity index (χ3n) is 2.38. The van der Waals surface area contributed by atoms with Crippen molar-refractivity contribution >= 4 is 0 Å². The Morgan fingerprint density at radius 3 is 2.06 bits per heavy atom. The molecule has 1 aromatic heterocycles. The number of halogens is 2. The van der Waals surface area contributed by atoms with Crippen LogP contribution in [-0.2, 0) is 5.41 Å². The third-order valence-corrected chi connectivity index (χ3v) is 2.38. The van der Waals surface area contributed by atoms with Crippen molar-refractivity contribution in [2.24, 2.45) is 0 Å². The quantitative estimate of drug-likeness (QED) is 0.768. The second-order valence-electron chi connectivity index (χ2n) is 5.28. The maximum atomic E-state index is 12.9. The van der Waals surface area contributed by atoms with Crippen LogP contribution in [0.3, 0.4) is 0 Å². The van der Waals surface area contributed by atoms with Gasteiger partial charge in [-0.15, -0.1) is 0 Å². The molecule has 0 unspecified atom stereocenters. The Kier molecular flexibility index (Phi) is 3.61. The molecule has 0 bridgehead atoms. The van der Waals surface area contributed by atoms with Crippen LogP contribution in [0.1, 0.15) is 63.9 Å². The summed E-state index contributed by atoms with van der Waals surface area (Å²) in [6.07, 6.45) is -2.50. The minimum absolute atomic E-state index is 0.00574. The molecule has 1 rings (SSSR count). The summed E-state index contributed by atoms with van der Waals surface area (Å²) in [4.78, 5) is 0. The molecule has 0 saturated carbocycles. The Hall–Kier alpha value is -1.06. The highest BCUT2D eigenvalue weighted by Gasteiger charge is 2.25. The largest absolute Gasteiger partial charge is 0.265 e. The number of alkyl halides is 2. The fraction of sp³-hybridized carbons (Fsp3) is 0.667. The monoisotopic (exact) mass is 228 g/mol. The molecule has 2 nitrogen and oxygen atoms in total. The average molecular weight is 228 g/mol. The first-order valence-electron chi connectivity index (χ1n) is 5.39. The van der Waals surface area contributed by atoms with Crippen molar-refractivity contribution in [3.8, 4) is 0 Å². The third kappa shape index (κ3) is 2.74. The highest BCUT2D eigenvalue weighted by Crippen LogP contribution is 2.31. The molecule has 0 aromatic carbocycles. The smallest absolute Gasteiger partial charge is 0.205 e.